The van der Waals surface area contributed by atoms with Crippen LogP contribution in [0, 0.1) is 0 Å². The molecule has 0 radical (unpaired) electrons. The third-order valence-corrected chi connectivity index (χ3v) is 2.70. The van der Waals surface area contributed by atoms with E-state index in [1.807, 2.05) is 0 Å². The van der Waals surface area contributed by atoms with Crippen molar-refractivity contribution in [1.82, 2.24) is 5.32 Å². The lowest BCUT2D eigenvalue weighted by Gasteiger charge is -2.12. The largest absolute Gasteiger partial charge is 0.435 e. The molecule has 6 heteroatoms. The summed E-state index contributed by atoms with van der Waals surface area (Å²) >= 11 is 0. The molecular weight excluding hydrogens is 242 g/mol. The lowest BCUT2D eigenvalue weighted by molar-refractivity contribution is -0.117. The van der Waals surface area contributed by atoms with Crippen LogP contribution in [0.5, 0.6) is 5.75 Å². The monoisotopic (exact) mass is 256 g/mol. The molecule has 18 heavy (non-hydrogen) atoms. The van der Waals surface area contributed by atoms with Gasteiger partial charge in [0.05, 0.1) is 6.04 Å². The molecule has 98 valence electrons. The number of halogens is 2. The zero-order chi connectivity index (χ0) is 13.0. The lowest BCUT2D eigenvalue weighted by atomic mass is 10.2. The van der Waals surface area contributed by atoms with Crippen LogP contribution in [-0.4, -0.2) is 25.1 Å². The van der Waals surface area contributed by atoms with Crippen LogP contribution in [0.4, 0.5) is 14.5 Å². The van der Waals surface area contributed by atoms with Crippen LogP contribution in [0.3, 0.4) is 0 Å². The number of hydrogen-bond acceptors (Lipinski definition) is 3. The second-order valence-electron chi connectivity index (χ2n) is 4.04. The van der Waals surface area contributed by atoms with E-state index in [1.54, 1.807) is 12.1 Å². The summed E-state index contributed by atoms with van der Waals surface area (Å²) in [5.41, 5.74) is 0.451. The molecule has 1 atom stereocenters. The lowest BCUT2D eigenvalue weighted by Crippen LogP contribution is -2.35. The minimum atomic E-state index is -2.87. The van der Waals surface area contributed by atoms with Crippen LogP contribution in [0.15, 0.2) is 24.3 Å². The number of rotatable bonds is 4. The summed E-state index contributed by atoms with van der Waals surface area (Å²) in [6.07, 6.45) is 1.76. The fourth-order valence-corrected chi connectivity index (χ4v) is 1.89. The predicted octanol–water partition coefficient (Wildman–Crippen LogP) is 1.98. The van der Waals surface area contributed by atoms with Gasteiger partial charge in [0.15, 0.2) is 0 Å². The number of amides is 1. The SMILES string of the molecule is O=C(Nc1cccc(OC(F)F)c1)[C@@H]1CCCN1. The van der Waals surface area contributed by atoms with E-state index in [0.29, 0.717) is 5.69 Å². The van der Waals surface area contributed by atoms with E-state index in [0.717, 1.165) is 19.4 Å². The molecule has 0 saturated carbocycles. The van der Waals surface area contributed by atoms with Crippen molar-refractivity contribution in [1.29, 1.82) is 0 Å². The molecule has 1 aromatic rings. The van der Waals surface area contributed by atoms with Crippen LogP contribution >= 0.6 is 0 Å². The van der Waals surface area contributed by atoms with Gasteiger partial charge in [0.2, 0.25) is 5.91 Å². The average Bonchev–Trinajstić information content (AvgIpc) is 2.81. The van der Waals surface area contributed by atoms with Gasteiger partial charge in [-0.1, -0.05) is 6.07 Å². The zero-order valence-electron chi connectivity index (χ0n) is 9.66. The third kappa shape index (κ3) is 3.40. The Kier molecular flexibility index (Phi) is 4.09. The van der Waals surface area contributed by atoms with Crippen molar-refractivity contribution in [2.45, 2.75) is 25.5 Å². The van der Waals surface area contributed by atoms with Gasteiger partial charge in [0, 0.05) is 11.8 Å². The molecule has 0 aliphatic carbocycles. The fraction of sp³-hybridized carbons (Fsp3) is 0.417. The smallest absolute Gasteiger partial charge is 0.387 e. The number of alkyl halides is 2. The van der Waals surface area contributed by atoms with Gasteiger partial charge >= 0.3 is 6.61 Å². The molecular formula is C12H14F2N2O2. The van der Waals surface area contributed by atoms with E-state index in [9.17, 15) is 13.6 Å². The van der Waals surface area contributed by atoms with E-state index < -0.39 is 6.61 Å². The van der Waals surface area contributed by atoms with Gasteiger partial charge in [0.25, 0.3) is 0 Å². The predicted molar refractivity (Wildman–Crippen MR) is 62.7 cm³/mol. The first kappa shape index (κ1) is 12.8. The minimum Gasteiger partial charge on any atom is -0.435 e. The first-order valence-corrected chi connectivity index (χ1v) is 5.74. The average molecular weight is 256 g/mol. The number of carbonyl (C=O) groups is 1. The van der Waals surface area contributed by atoms with Crippen molar-refractivity contribution >= 4 is 11.6 Å². The molecule has 1 aliphatic heterocycles. The van der Waals surface area contributed by atoms with Crippen LogP contribution in [-0.2, 0) is 4.79 Å². The van der Waals surface area contributed by atoms with Crippen LogP contribution in [0.25, 0.3) is 0 Å². The van der Waals surface area contributed by atoms with Crippen molar-refractivity contribution in [3.8, 4) is 5.75 Å². The van der Waals surface area contributed by atoms with Gasteiger partial charge < -0.3 is 15.4 Å². The summed E-state index contributed by atoms with van der Waals surface area (Å²) in [5, 5.41) is 5.73. The molecule has 2 N–H and O–H groups in total. The first-order chi connectivity index (χ1) is 8.65. The van der Waals surface area contributed by atoms with Crippen molar-refractivity contribution in [3.05, 3.63) is 24.3 Å². The highest BCUT2D eigenvalue weighted by atomic mass is 19.3. The molecule has 0 aromatic heterocycles. The Labute approximate surface area is 103 Å². The van der Waals surface area contributed by atoms with Gasteiger partial charge in [-0.25, -0.2) is 0 Å². The Morgan fingerprint density at radius 3 is 3.00 bits per heavy atom. The number of nitrogens with one attached hydrogen (secondary N) is 2. The highest BCUT2D eigenvalue weighted by molar-refractivity contribution is 5.95. The number of benzene rings is 1. The quantitative estimate of drug-likeness (QED) is 0.866. The van der Waals surface area contributed by atoms with Crippen molar-refractivity contribution < 1.29 is 18.3 Å². The van der Waals surface area contributed by atoms with E-state index in [1.165, 1.54) is 12.1 Å². The number of ether oxygens (including phenoxy) is 1. The Hall–Kier alpha value is -1.69. The van der Waals surface area contributed by atoms with Crippen LogP contribution in [0.1, 0.15) is 12.8 Å². The second kappa shape index (κ2) is 5.77. The standard InChI is InChI=1S/C12H14F2N2O2/c13-12(14)18-9-4-1-3-8(7-9)16-11(17)10-5-2-6-15-10/h1,3-4,7,10,12,15H,2,5-6H2,(H,16,17)/t10-/m0/s1. The summed E-state index contributed by atoms with van der Waals surface area (Å²) in [4.78, 5) is 11.8. The summed E-state index contributed by atoms with van der Waals surface area (Å²) in [6.45, 7) is -2.04. The number of carbonyl (C=O) groups excluding carboxylic acids is 1. The zero-order valence-corrected chi connectivity index (χ0v) is 9.66. The number of anilines is 1. The fourth-order valence-electron chi connectivity index (χ4n) is 1.89. The second-order valence-corrected chi connectivity index (χ2v) is 4.04. The van der Waals surface area contributed by atoms with Gasteiger partial charge in [0.1, 0.15) is 5.75 Å². The van der Waals surface area contributed by atoms with Crippen molar-refractivity contribution in [2.75, 3.05) is 11.9 Å². The molecule has 1 aliphatic rings. The van der Waals surface area contributed by atoms with E-state index in [4.69, 9.17) is 0 Å². The molecule has 0 unspecified atom stereocenters. The molecule has 1 fully saturated rings. The molecule has 1 heterocycles. The van der Waals surface area contributed by atoms with Gasteiger partial charge in [-0.05, 0) is 31.5 Å². The summed E-state index contributed by atoms with van der Waals surface area (Å²) < 4.78 is 28.3. The Bertz CT molecular complexity index is 420. The molecule has 1 saturated heterocycles. The minimum absolute atomic E-state index is 0.0298. The highest BCUT2D eigenvalue weighted by Crippen LogP contribution is 2.20. The molecule has 1 aromatic carbocycles. The van der Waals surface area contributed by atoms with E-state index >= 15 is 0 Å². The normalized spacial score (nSPS) is 18.9. The number of hydrogen-bond donors (Lipinski definition) is 2. The van der Waals surface area contributed by atoms with Crippen molar-refractivity contribution in [3.63, 3.8) is 0 Å². The molecule has 0 spiro atoms. The summed E-state index contributed by atoms with van der Waals surface area (Å²) in [5.74, 6) is -0.121. The third-order valence-electron chi connectivity index (χ3n) is 2.70. The first-order valence-electron chi connectivity index (χ1n) is 5.74. The molecule has 1 amide bonds. The van der Waals surface area contributed by atoms with E-state index in [-0.39, 0.29) is 17.7 Å². The summed E-state index contributed by atoms with van der Waals surface area (Å²) in [7, 11) is 0. The van der Waals surface area contributed by atoms with Crippen molar-refractivity contribution in [2.24, 2.45) is 0 Å². The highest BCUT2D eigenvalue weighted by Gasteiger charge is 2.21. The van der Waals surface area contributed by atoms with Gasteiger partial charge in [-0.15, -0.1) is 0 Å². The molecule has 2 rings (SSSR count). The maximum atomic E-state index is 12.0. The Balaban J connectivity index is 1.97. The van der Waals surface area contributed by atoms with Gasteiger partial charge in [-0.3, -0.25) is 4.79 Å². The summed E-state index contributed by atoms with van der Waals surface area (Å²) in [6, 6.07) is 5.76. The molecule has 0 bridgehead atoms. The molecule has 4 nitrogen and oxygen atoms in total. The van der Waals surface area contributed by atoms with Gasteiger partial charge in [-0.2, -0.15) is 8.78 Å². The maximum absolute atomic E-state index is 12.0. The maximum Gasteiger partial charge on any atom is 0.387 e. The topological polar surface area (TPSA) is 50.4 Å². The van der Waals surface area contributed by atoms with Crippen LogP contribution in [0.2, 0.25) is 0 Å². The van der Waals surface area contributed by atoms with Crippen LogP contribution < -0.4 is 15.4 Å². The van der Waals surface area contributed by atoms with E-state index in [2.05, 4.69) is 15.4 Å². The Morgan fingerprint density at radius 2 is 2.33 bits per heavy atom. The Morgan fingerprint density at radius 1 is 1.50 bits per heavy atom.